The molecule has 0 spiro atoms. The summed E-state index contributed by atoms with van der Waals surface area (Å²) in [5.74, 6) is 0.112. The van der Waals surface area contributed by atoms with Crippen LogP contribution in [0.1, 0.15) is 53.1 Å². The lowest BCUT2D eigenvalue weighted by molar-refractivity contribution is -0.132. The molecule has 1 unspecified atom stereocenters. The third kappa shape index (κ3) is 4.89. The largest absolute Gasteiger partial charge is 0.387 e. The summed E-state index contributed by atoms with van der Waals surface area (Å²) in [6.07, 6.45) is 3.29. The number of likely N-dealkylation sites (tertiary alicyclic amines) is 1. The maximum absolute atomic E-state index is 12.8. The first kappa shape index (κ1) is 24.5. The van der Waals surface area contributed by atoms with Gasteiger partial charge in [0.25, 0.3) is 5.56 Å². The molecule has 1 atom stereocenters. The van der Waals surface area contributed by atoms with Crippen LogP contribution < -0.4 is 5.56 Å². The molecule has 2 aliphatic heterocycles. The number of piperidine rings is 1. The van der Waals surface area contributed by atoms with Crippen LogP contribution >= 0.6 is 34.5 Å². The molecule has 2 aliphatic rings. The molecule has 3 aromatic rings. The molecule has 1 aromatic carbocycles. The zero-order chi connectivity index (χ0) is 25.2. The van der Waals surface area contributed by atoms with Crippen molar-refractivity contribution in [3.8, 4) is 6.07 Å². The Labute approximate surface area is 221 Å². The van der Waals surface area contributed by atoms with Gasteiger partial charge in [-0.1, -0.05) is 34.4 Å². The Morgan fingerprint density at radius 3 is 2.67 bits per heavy atom. The van der Waals surface area contributed by atoms with Gasteiger partial charge in [-0.25, -0.2) is 4.98 Å². The number of amides is 1. The van der Waals surface area contributed by atoms with Crippen molar-refractivity contribution in [1.29, 1.82) is 5.26 Å². The van der Waals surface area contributed by atoms with E-state index in [1.54, 1.807) is 40.5 Å². The van der Waals surface area contributed by atoms with Crippen LogP contribution in [0.4, 0.5) is 0 Å². The van der Waals surface area contributed by atoms with E-state index in [4.69, 9.17) is 38.3 Å². The average Bonchev–Trinajstić information content (AvgIpc) is 3.56. The van der Waals surface area contributed by atoms with Gasteiger partial charge in [-0.2, -0.15) is 5.26 Å². The minimum absolute atomic E-state index is 0.0298. The summed E-state index contributed by atoms with van der Waals surface area (Å²) >= 11 is 14.2. The Morgan fingerprint density at radius 2 is 1.94 bits per heavy atom. The van der Waals surface area contributed by atoms with Gasteiger partial charge in [0, 0.05) is 52.6 Å². The van der Waals surface area contributed by atoms with E-state index in [2.05, 4.69) is 5.16 Å². The van der Waals surface area contributed by atoms with Crippen molar-refractivity contribution in [3.63, 3.8) is 0 Å². The number of halogens is 2. The third-order valence-corrected chi connectivity index (χ3v) is 8.12. The lowest BCUT2D eigenvalue weighted by atomic mass is 9.97. The number of hydrogen-bond acceptors (Lipinski definition) is 7. The molecule has 36 heavy (non-hydrogen) atoms. The molecular weight excluding hydrogens is 521 g/mol. The second kappa shape index (κ2) is 10.4. The van der Waals surface area contributed by atoms with Gasteiger partial charge in [0.2, 0.25) is 5.91 Å². The first-order chi connectivity index (χ1) is 17.4. The molecule has 11 heteroatoms. The van der Waals surface area contributed by atoms with Gasteiger partial charge in [0.05, 0.1) is 10.7 Å². The predicted octanol–water partition coefficient (Wildman–Crippen LogP) is 4.76. The third-order valence-electron chi connectivity index (χ3n) is 6.45. The summed E-state index contributed by atoms with van der Waals surface area (Å²) in [7, 11) is 0. The van der Waals surface area contributed by atoms with Crippen LogP contribution in [-0.4, -0.2) is 39.2 Å². The van der Waals surface area contributed by atoms with Crippen molar-refractivity contribution < 1.29 is 9.63 Å². The minimum atomic E-state index is -0.448. The van der Waals surface area contributed by atoms with Crippen LogP contribution in [0.3, 0.4) is 0 Å². The number of oxime groups is 1. The van der Waals surface area contributed by atoms with Crippen LogP contribution in [0.15, 0.2) is 51.9 Å². The number of thiazole rings is 1. The number of nitrogens with zero attached hydrogens (tertiary/aromatic N) is 5. The predicted molar refractivity (Wildman–Crippen MR) is 138 cm³/mol. The smallest absolute Gasteiger partial charge is 0.268 e. The molecule has 1 saturated heterocycles. The lowest BCUT2D eigenvalue weighted by Crippen LogP contribution is -2.41. The number of carbonyl (C=O) groups is 1. The topological polar surface area (TPSA) is 101 Å². The molecule has 1 fully saturated rings. The maximum atomic E-state index is 12.8. The second-order valence-corrected chi connectivity index (χ2v) is 10.4. The standard InChI is InChI=1S/C25H21Cl2N5O3S/c26-17-4-1-5-18(27)23(17)21-11-19(30-35-21)20-14-36-24(29-20)15-6-9-31(10-7-15)22(33)13-32-8-2-3-16(12-28)25(32)34/h1-5,8,14-15,21H,6-7,9-11,13H2. The summed E-state index contributed by atoms with van der Waals surface area (Å²) in [6.45, 7) is 1.10. The summed E-state index contributed by atoms with van der Waals surface area (Å²) in [5.41, 5.74) is 1.86. The highest BCUT2D eigenvalue weighted by atomic mass is 35.5. The zero-order valence-corrected chi connectivity index (χ0v) is 21.4. The van der Waals surface area contributed by atoms with Gasteiger partial charge >= 0.3 is 0 Å². The van der Waals surface area contributed by atoms with Gasteiger partial charge in [-0.3, -0.25) is 9.59 Å². The van der Waals surface area contributed by atoms with Gasteiger partial charge in [0.1, 0.15) is 23.9 Å². The van der Waals surface area contributed by atoms with Gasteiger partial charge < -0.3 is 14.3 Å². The molecule has 5 rings (SSSR count). The van der Waals surface area contributed by atoms with Gasteiger partial charge in [-0.15, -0.1) is 11.3 Å². The molecule has 4 heterocycles. The fraction of sp³-hybridized carbons (Fsp3) is 0.320. The SMILES string of the molecule is N#Cc1cccn(CC(=O)N2CCC(c3nc(C4=NOC(c5c(Cl)cccc5Cl)C4)cs3)CC2)c1=O. The minimum Gasteiger partial charge on any atom is -0.387 e. The normalized spacial score (nSPS) is 18.0. The molecule has 8 nitrogen and oxygen atoms in total. The van der Waals surface area contributed by atoms with E-state index in [1.165, 1.54) is 16.8 Å². The first-order valence-electron chi connectivity index (χ1n) is 11.4. The molecule has 184 valence electrons. The van der Waals surface area contributed by atoms with E-state index in [9.17, 15) is 9.59 Å². The number of carbonyl (C=O) groups excluding carboxylic acids is 1. The van der Waals surface area contributed by atoms with Crippen LogP contribution in [0.5, 0.6) is 0 Å². The Morgan fingerprint density at radius 1 is 1.19 bits per heavy atom. The van der Waals surface area contributed by atoms with Crippen LogP contribution in [-0.2, 0) is 16.2 Å². The van der Waals surface area contributed by atoms with Crippen molar-refractivity contribution in [2.75, 3.05) is 13.1 Å². The van der Waals surface area contributed by atoms with E-state index in [1.807, 2.05) is 11.4 Å². The van der Waals surface area contributed by atoms with Gasteiger partial charge in [-0.05, 0) is 37.1 Å². The molecule has 1 amide bonds. The van der Waals surface area contributed by atoms with E-state index < -0.39 is 5.56 Å². The number of benzene rings is 1. The van der Waals surface area contributed by atoms with Crippen molar-refractivity contribution in [2.45, 2.75) is 37.8 Å². The summed E-state index contributed by atoms with van der Waals surface area (Å²) in [5, 5.41) is 17.4. The zero-order valence-electron chi connectivity index (χ0n) is 19.1. The van der Waals surface area contributed by atoms with Crippen LogP contribution in [0.2, 0.25) is 10.0 Å². The number of pyridine rings is 1. The monoisotopic (exact) mass is 541 g/mol. The van der Waals surface area contributed by atoms with Crippen molar-refractivity contribution in [1.82, 2.24) is 14.5 Å². The van der Waals surface area contributed by atoms with Crippen molar-refractivity contribution in [2.24, 2.45) is 5.16 Å². The quantitative estimate of drug-likeness (QED) is 0.463. The van der Waals surface area contributed by atoms with Crippen LogP contribution in [0, 0.1) is 11.3 Å². The van der Waals surface area contributed by atoms with Gasteiger partial charge in [0.15, 0.2) is 6.10 Å². The maximum Gasteiger partial charge on any atom is 0.268 e. The summed E-state index contributed by atoms with van der Waals surface area (Å²) in [4.78, 5) is 37.2. The van der Waals surface area contributed by atoms with Crippen molar-refractivity contribution in [3.05, 3.63) is 84.1 Å². The fourth-order valence-electron chi connectivity index (χ4n) is 4.48. The molecule has 2 aromatic heterocycles. The van der Waals surface area contributed by atoms with E-state index >= 15 is 0 Å². The highest BCUT2D eigenvalue weighted by Gasteiger charge is 2.30. The van der Waals surface area contributed by atoms with E-state index in [0.717, 1.165) is 34.8 Å². The van der Waals surface area contributed by atoms with Crippen molar-refractivity contribution >= 4 is 46.2 Å². The lowest BCUT2D eigenvalue weighted by Gasteiger charge is -2.31. The second-order valence-electron chi connectivity index (χ2n) is 8.66. The molecule has 0 aliphatic carbocycles. The molecule has 0 saturated carbocycles. The first-order valence-corrected chi connectivity index (χ1v) is 13.1. The highest BCUT2D eigenvalue weighted by molar-refractivity contribution is 7.10. The molecule has 0 bridgehead atoms. The Balaban J connectivity index is 1.18. The Bertz CT molecular complexity index is 1420. The summed E-state index contributed by atoms with van der Waals surface area (Å²) in [6, 6.07) is 10.3. The van der Waals surface area contributed by atoms with E-state index in [-0.39, 0.29) is 30.0 Å². The van der Waals surface area contributed by atoms with Crippen LogP contribution in [0.25, 0.3) is 0 Å². The number of hydrogen-bond donors (Lipinski definition) is 0. The molecular formula is C25H21Cl2N5O3S. The fourth-order valence-corrected chi connectivity index (χ4v) is 6.12. The Kier molecular flexibility index (Phi) is 7.10. The number of rotatable bonds is 5. The summed E-state index contributed by atoms with van der Waals surface area (Å²) < 4.78 is 1.29. The molecule has 0 N–H and O–H groups in total. The number of aromatic nitrogens is 2. The Hall–Kier alpha value is -3.19. The highest BCUT2D eigenvalue weighted by Crippen LogP contribution is 2.38. The molecule has 0 radical (unpaired) electrons. The van der Waals surface area contributed by atoms with E-state index in [0.29, 0.717) is 29.6 Å². The average molecular weight is 542 g/mol. The number of nitriles is 1.